The Morgan fingerprint density at radius 2 is 2.47 bits per heavy atom. The lowest BCUT2D eigenvalue weighted by Gasteiger charge is -2.10. The van der Waals surface area contributed by atoms with Gasteiger partial charge in [0, 0.05) is 25.9 Å². The Labute approximate surface area is 102 Å². The van der Waals surface area contributed by atoms with Crippen molar-refractivity contribution in [1.82, 2.24) is 10.6 Å². The molecule has 2 N–H and O–H groups in total. The molecule has 5 nitrogen and oxygen atoms in total. The highest BCUT2D eigenvalue weighted by Crippen LogP contribution is 2.10. The van der Waals surface area contributed by atoms with Gasteiger partial charge >= 0.3 is 0 Å². The predicted octanol–water partition coefficient (Wildman–Crippen LogP) is 0.689. The molecule has 0 radical (unpaired) electrons. The fraction of sp³-hybridized carbons (Fsp3) is 0.667. The highest BCUT2D eigenvalue weighted by Gasteiger charge is 2.17. The summed E-state index contributed by atoms with van der Waals surface area (Å²) in [6, 6.07) is 1.88. The molecule has 0 aromatic rings. The average Bonchev–Trinajstić information content (AvgIpc) is 2.85. The van der Waals surface area contributed by atoms with Crippen LogP contribution in [0.5, 0.6) is 0 Å². The summed E-state index contributed by atoms with van der Waals surface area (Å²) in [4.78, 5) is 11.6. The molecule has 0 aliphatic carbocycles. The van der Waals surface area contributed by atoms with E-state index in [1.165, 1.54) is 6.20 Å². The number of carbonyl (C=O) groups is 1. The van der Waals surface area contributed by atoms with Crippen LogP contribution in [0.15, 0.2) is 11.8 Å². The van der Waals surface area contributed by atoms with E-state index in [0.717, 1.165) is 32.4 Å². The standard InChI is InChI=1S/C12H19N3O2/c1-2-5-14-8-10(7-13)12(16)15-9-11-4-3-6-17-11/h8,11,14H,2-6,9H2,1H3,(H,15,16)/b10-8-. The van der Waals surface area contributed by atoms with Crippen LogP contribution in [-0.2, 0) is 9.53 Å². The number of carbonyl (C=O) groups excluding carboxylic acids is 1. The number of nitriles is 1. The van der Waals surface area contributed by atoms with Gasteiger partial charge in [-0.2, -0.15) is 5.26 Å². The molecule has 1 saturated heterocycles. The minimum Gasteiger partial charge on any atom is -0.390 e. The van der Waals surface area contributed by atoms with E-state index in [1.54, 1.807) is 0 Å². The van der Waals surface area contributed by atoms with Gasteiger partial charge in [0.2, 0.25) is 0 Å². The molecule has 1 rings (SSSR count). The first-order chi connectivity index (χ1) is 8.27. The van der Waals surface area contributed by atoms with E-state index in [1.807, 2.05) is 13.0 Å². The summed E-state index contributed by atoms with van der Waals surface area (Å²) in [5, 5.41) is 14.5. The van der Waals surface area contributed by atoms with Gasteiger partial charge in [-0.15, -0.1) is 0 Å². The predicted molar refractivity (Wildman–Crippen MR) is 64.0 cm³/mol. The fourth-order valence-corrected chi connectivity index (χ4v) is 1.57. The Balaban J connectivity index is 2.33. The van der Waals surface area contributed by atoms with E-state index in [0.29, 0.717) is 6.54 Å². The van der Waals surface area contributed by atoms with Crippen molar-refractivity contribution in [3.63, 3.8) is 0 Å². The lowest BCUT2D eigenvalue weighted by atomic mass is 10.2. The largest absolute Gasteiger partial charge is 0.390 e. The zero-order valence-corrected chi connectivity index (χ0v) is 10.2. The molecule has 1 amide bonds. The third-order valence-electron chi connectivity index (χ3n) is 2.52. The molecule has 17 heavy (non-hydrogen) atoms. The number of ether oxygens (including phenoxy) is 1. The molecule has 1 atom stereocenters. The van der Waals surface area contributed by atoms with E-state index in [4.69, 9.17) is 10.00 Å². The molecule has 1 unspecified atom stereocenters. The molecular formula is C12H19N3O2. The molecule has 0 aromatic heterocycles. The first kappa shape index (κ1) is 13.5. The highest BCUT2D eigenvalue weighted by molar-refractivity contribution is 5.97. The normalized spacial score (nSPS) is 19.8. The maximum atomic E-state index is 11.6. The van der Waals surface area contributed by atoms with Crippen LogP contribution in [0, 0.1) is 11.3 Å². The van der Waals surface area contributed by atoms with Gasteiger partial charge in [0.25, 0.3) is 5.91 Å². The van der Waals surface area contributed by atoms with E-state index >= 15 is 0 Å². The topological polar surface area (TPSA) is 74.2 Å². The second kappa shape index (κ2) is 7.69. The second-order valence-electron chi connectivity index (χ2n) is 3.97. The minimum absolute atomic E-state index is 0.0995. The van der Waals surface area contributed by atoms with Gasteiger partial charge in [-0.05, 0) is 19.3 Å². The van der Waals surface area contributed by atoms with Crippen LogP contribution in [0.1, 0.15) is 26.2 Å². The first-order valence-electron chi connectivity index (χ1n) is 6.01. The van der Waals surface area contributed by atoms with Crippen LogP contribution in [-0.4, -0.2) is 31.7 Å². The van der Waals surface area contributed by atoms with Crippen LogP contribution < -0.4 is 10.6 Å². The molecule has 0 spiro atoms. The molecule has 0 aromatic carbocycles. The van der Waals surface area contributed by atoms with Gasteiger partial charge in [-0.25, -0.2) is 0 Å². The summed E-state index contributed by atoms with van der Waals surface area (Å²) in [6.07, 6.45) is 4.53. The second-order valence-corrected chi connectivity index (χ2v) is 3.97. The fourth-order valence-electron chi connectivity index (χ4n) is 1.57. The SMILES string of the molecule is CCCN/C=C(/C#N)C(=O)NCC1CCCO1. The third-order valence-corrected chi connectivity index (χ3v) is 2.52. The molecule has 1 aliphatic rings. The quantitative estimate of drug-likeness (QED) is 0.405. The van der Waals surface area contributed by atoms with Gasteiger partial charge in [0.15, 0.2) is 0 Å². The van der Waals surface area contributed by atoms with E-state index in [-0.39, 0.29) is 17.6 Å². The zero-order chi connectivity index (χ0) is 12.5. The number of rotatable bonds is 6. The molecule has 1 fully saturated rings. The molecule has 1 aliphatic heterocycles. The Morgan fingerprint density at radius 1 is 1.65 bits per heavy atom. The lowest BCUT2D eigenvalue weighted by Crippen LogP contribution is -2.33. The number of hydrogen-bond acceptors (Lipinski definition) is 4. The van der Waals surface area contributed by atoms with Crippen molar-refractivity contribution in [1.29, 1.82) is 5.26 Å². The summed E-state index contributed by atoms with van der Waals surface area (Å²) in [5.41, 5.74) is 0.108. The molecule has 0 bridgehead atoms. The maximum Gasteiger partial charge on any atom is 0.263 e. The van der Waals surface area contributed by atoms with Crippen molar-refractivity contribution in [3.05, 3.63) is 11.8 Å². The Bertz CT molecular complexity index is 314. The van der Waals surface area contributed by atoms with Crippen LogP contribution in [0.2, 0.25) is 0 Å². The third kappa shape index (κ3) is 4.87. The van der Waals surface area contributed by atoms with Crippen LogP contribution in [0.4, 0.5) is 0 Å². The molecule has 94 valence electrons. The molecule has 0 saturated carbocycles. The van der Waals surface area contributed by atoms with Crippen molar-refractivity contribution < 1.29 is 9.53 Å². The summed E-state index contributed by atoms with van der Waals surface area (Å²) >= 11 is 0. The summed E-state index contributed by atoms with van der Waals surface area (Å²) in [7, 11) is 0. The van der Waals surface area contributed by atoms with Gasteiger partial charge < -0.3 is 15.4 Å². The summed E-state index contributed by atoms with van der Waals surface area (Å²) in [5.74, 6) is -0.341. The zero-order valence-electron chi connectivity index (χ0n) is 10.2. The minimum atomic E-state index is -0.341. The summed E-state index contributed by atoms with van der Waals surface area (Å²) in [6.45, 7) is 4.01. The number of amides is 1. The number of hydrogen-bond donors (Lipinski definition) is 2. The maximum absolute atomic E-state index is 11.6. The van der Waals surface area contributed by atoms with Crippen LogP contribution in [0.25, 0.3) is 0 Å². The van der Waals surface area contributed by atoms with E-state index in [2.05, 4.69) is 10.6 Å². The Morgan fingerprint density at radius 3 is 3.06 bits per heavy atom. The molecular weight excluding hydrogens is 218 g/mol. The van der Waals surface area contributed by atoms with Crippen molar-refractivity contribution in [2.24, 2.45) is 0 Å². The number of nitrogens with zero attached hydrogens (tertiary/aromatic N) is 1. The van der Waals surface area contributed by atoms with Gasteiger partial charge in [-0.1, -0.05) is 6.92 Å². The van der Waals surface area contributed by atoms with Gasteiger partial charge in [-0.3, -0.25) is 4.79 Å². The smallest absolute Gasteiger partial charge is 0.263 e. The Kier molecular flexibility index (Phi) is 6.12. The Hall–Kier alpha value is -1.54. The number of nitrogens with one attached hydrogen (secondary N) is 2. The van der Waals surface area contributed by atoms with Gasteiger partial charge in [0.1, 0.15) is 11.6 Å². The van der Waals surface area contributed by atoms with Gasteiger partial charge in [0.05, 0.1) is 6.10 Å². The van der Waals surface area contributed by atoms with Crippen LogP contribution in [0.3, 0.4) is 0 Å². The lowest BCUT2D eigenvalue weighted by molar-refractivity contribution is -0.117. The first-order valence-corrected chi connectivity index (χ1v) is 6.01. The van der Waals surface area contributed by atoms with Crippen molar-refractivity contribution >= 4 is 5.91 Å². The van der Waals surface area contributed by atoms with Crippen molar-refractivity contribution in [2.75, 3.05) is 19.7 Å². The van der Waals surface area contributed by atoms with E-state index in [9.17, 15) is 4.79 Å². The molecule has 5 heteroatoms. The molecule has 1 heterocycles. The van der Waals surface area contributed by atoms with Crippen LogP contribution >= 0.6 is 0 Å². The van der Waals surface area contributed by atoms with Crippen molar-refractivity contribution in [3.8, 4) is 6.07 Å². The monoisotopic (exact) mass is 237 g/mol. The van der Waals surface area contributed by atoms with E-state index < -0.39 is 0 Å². The van der Waals surface area contributed by atoms with Crippen molar-refractivity contribution in [2.45, 2.75) is 32.3 Å². The summed E-state index contributed by atoms with van der Waals surface area (Å²) < 4.78 is 5.38. The highest BCUT2D eigenvalue weighted by atomic mass is 16.5. The average molecular weight is 237 g/mol.